The van der Waals surface area contributed by atoms with Crippen molar-refractivity contribution in [2.24, 2.45) is 0 Å². The van der Waals surface area contributed by atoms with Gasteiger partial charge in [0.2, 0.25) is 5.91 Å². The first-order valence-corrected chi connectivity index (χ1v) is 8.49. The van der Waals surface area contributed by atoms with Crippen molar-refractivity contribution < 1.29 is 14.3 Å². The van der Waals surface area contributed by atoms with Crippen LogP contribution >= 0.6 is 0 Å². The average Bonchev–Trinajstić information content (AvgIpc) is 2.93. The van der Waals surface area contributed by atoms with Crippen LogP contribution in [0.1, 0.15) is 23.9 Å². The first kappa shape index (κ1) is 17.3. The van der Waals surface area contributed by atoms with Crippen LogP contribution in [0, 0.1) is 13.8 Å². The molecule has 0 saturated carbocycles. The average molecular weight is 344 g/mol. The summed E-state index contributed by atoms with van der Waals surface area (Å²) in [5.41, 5.74) is 3.44. The van der Waals surface area contributed by atoms with E-state index in [1.165, 1.54) is 0 Å². The molecule has 134 valence electrons. The van der Waals surface area contributed by atoms with E-state index in [1.807, 2.05) is 39.0 Å². The van der Waals surface area contributed by atoms with E-state index in [0.29, 0.717) is 26.3 Å². The van der Waals surface area contributed by atoms with Crippen molar-refractivity contribution in [3.63, 3.8) is 0 Å². The van der Waals surface area contributed by atoms with E-state index in [4.69, 9.17) is 9.47 Å². The molecule has 0 atom stereocenters. The highest BCUT2D eigenvalue weighted by molar-refractivity contribution is 5.93. The van der Waals surface area contributed by atoms with E-state index >= 15 is 0 Å². The minimum Gasteiger partial charge on any atom is -0.486 e. The van der Waals surface area contributed by atoms with Crippen molar-refractivity contribution >= 4 is 11.6 Å². The second kappa shape index (κ2) is 7.57. The van der Waals surface area contributed by atoms with Gasteiger partial charge in [0.05, 0.1) is 23.6 Å². The number of fused-ring (bicyclic) bond motifs is 1. The number of ether oxygens (including phenoxy) is 2. The Kier molecular flexibility index (Phi) is 5.23. The number of hydrogen-bond donors (Lipinski definition) is 2. The summed E-state index contributed by atoms with van der Waals surface area (Å²) >= 11 is 0. The number of carbonyl (C=O) groups is 1. The number of rotatable bonds is 6. The second-order valence-corrected chi connectivity index (χ2v) is 6.10. The summed E-state index contributed by atoms with van der Waals surface area (Å²) in [4.78, 5) is 14.5. The van der Waals surface area contributed by atoms with Gasteiger partial charge in [-0.05, 0) is 26.5 Å². The van der Waals surface area contributed by atoms with Crippen LogP contribution in [0.25, 0.3) is 0 Å². The van der Waals surface area contributed by atoms with Crippen molar-refractivity contribution in [3.8, 4) is 11.5 Å². The number of H-pyrrole nitrogens is 1. The minimum atomic E-state index is -0.0589. The fourth-order valence-electron chi connectivity index (χ4n) is 2.90. The van der Waals surface area contributed by atoms with E-state index < -0.39 is 0 Å². The fraction of sp³-hybridized carbons (Fsp3) is 0.444. The van der Waals surface area contributed by atoms with E-state index in [2.05, 4.69) is 20.4 Å². The zero-order valence-corrected chi connectivity index (χ0v) is 14.9. The van der Waals surface area contributed by atoms with E-state index in [1.54, 1.807) is 0 Å². The summed E-state index contributed by atoms with van der Waals surface area (Å²) in [5.74, 6) is 1.50. The van der Waals surface area contributed by atoms with Crippen molar-refractivity contribution in [2.45, 2.75) is 27.3 Å². The summed E-state index contributed by atoms with van der Waals surface area (Å²) in [7, 11) is 0. The van der Waals surface area contributed by atoms with Crippen molar-refractivity contribution in [2.75, 3.05) is 31.6 Å². The summed E-state index contributed by atoms with van der Waals surface area (Å²) in [6, 6.07) is 5.87. The number of nitrogens with zero attached hydrogens (tertiary/aromatic N) is 2. The summed E-state index contributed by atoms with van der Waals surface area (Å²) < 4.78 is 11.4. The Morgan fingerprint density at radius 2 is 2.12 bits per heavy atom. The number of aromatic nitrogens is 2. The van der Waals surface area contributed by atoms with E-state index in [9.17, 15) is 4.79 Å². The molecular weight excluding hydrogens is 320 g/mol. The Labute approximate surface area is 147 Å². The smallest absolute Gasteiger partial charge is 0.238 e. The maximum absolute atomic E-state index is 12.4. The highest BCUT2D eigenvalue weighted by atomic mass is 16.6. The van der Waals surface area contributed by atoms with Crippen LogP contribution in [0.5, 0.6) is 11.5 Å². The molecule has 7 heteroatoms. The molecule has 2 aromatic rings. The zero-order valence-electron chi connectivity index (χ0n) is 14.9. The molecule has 7 nitrogen and oxygen atoms in total. The van der Waals surface area contributed by atoms with Gasteiger partial charge >= 0.3 is 0 Å². The Bertz CT molecular complexity index is 737. The molecular formula is C18H24N4O3. The van der Waals surface area contributed by atoms with E-state index in [0.717, 1.165) is 40.7 Å². The SMILES string of the molecule is CCN(CC(=O)Nc1c(C)n[nH]c1C)Cc1cccc2c1OCCO2. The minimum absolute atomic E-state index is 0.0589. The van der Waals surface area contributed by atoms with Crippen LogP contribution in [0.4, 0.5) is 5.69 Å². The Balaban J connectivity index is 1.66. The molecule has 1 aliphatic rings. The molecule has 0 saturated heterocycles. The highest BCUT2D eigenvalue weighted by Crippen LogP contribution is 2.34. The molecule has 2 heterocycles. The number of anilines is 1. The van der Waals surface area contributed by atoms with Gasteiger partial charge < -0.3 is 14.8 Å². The van der Waals surface area contributed by atoms with E-state index in [-0.39, 0.29) is 5.91 Å². The second-order valence-electron chi connectivity index (χ2n) is 6.10. The van der Waals surface area contributed by atoms with Gasteiger partial charge in [0, 0.05) is 12.1 Å². The van der Waals surface area contributed by atoms with Gasteiger partial charge in [0.25, 0.3) is 0 Å². The number of hydrogen-bond acceptors (Lipinski definition) is 5. The standard InChI is InChI=1S/C18H24N4O3/c1-4-22(11-16(23)19-17-12(2)20-21-13(17)3)10-14-6-5-7-15-18(14)25-9-8-24-15/h5-7H,4,8-11H2,1-3H3,(H,19,23)(H,20,21). The third kappa shape index (κ3) is 3.93. The number of para-hydroxylation sites is 1. The van der Waals surface area contributed by atoms with Crippen molar-refractivity contribution in [1.29, 1.82) is 0 Å². The van der Waals surface area contributed by atoms with Gasteiger partial charge in [0.1, 0.15) is 13.2 Å². The largest absolute Gasteiger partial charge is 0.486 e. The van der Waals surface area contributed by atoms with Gasteiger partial charge in [-0.25, -0.2) is 0 Å². The normalized spacial score (nSPS) is 13.1. The van der Waals surface area contributed by atoms with Crippen LogP contribution in [-0.2, 0) is 11.3 Å². The molecule has 0 fully saturated rings. The zero-order chi connectivity index (χ0) is 17.8. The summed E-state index contributed by atoms with van der Waals surface area (Å²) in [6.07, 6.45) is 0. The number of aromatic amines is 1. The molecule has 1 amide bonds. The Morgan fingerprint density at radius 3 is 2.84 bits per heavy atom. The van der Waals surface area contributed by atoms with Gasteiger partial charge in [0.15, 0.2) is 11.5 Å². The summed E-state index contributed by atoms with van der Waals surface area (Å²) in [6.45, 7) is 8.58. The molecule has 2 N–H and O–H groups in total. The monoisotopic (exact) mass is 344 g/mol. The van der Waals surface area contributed by atoms with Crippen LogP contribution < -0.4 is 14.8 Å². The highest BCUT2D eigenvalue weighted by Gasteiger charge is 2.19. The third-order valence-corrected chi connectivity index (χ3v) is 4.25. The molecule has 0 unspecified atom stereocenters. The number of likely N-dealkylation sites (N-methyl/N-ethyl adjacent to an activating group) is 1. The molecule has 3 rings (SSSR count). The topological polar surface area (TPSA) is 79.5 Å². The molecule has 0 aliphatic carbocycles. The van der Waals surface area contributed by atoms with Gasteiger partial charge in [-0.2, -0.15) is 5.10 Å². The lowest BCUT2D eigenvalue weighted by Crippen LogP contribution is -2.33. The number of benzene rings is 1. The maximum atomic E-state index is 12.4. The van der Waals surface area contributed by atoms with Gasteiger partial charge in [-0.15, -0.1) is 0 Å². The molecule has 1 aromatic heterocycles. The maximum Gasteiger partial charge on any atom is 0.238 e. The molecule has 1 aliphatic heterocycles. The first-order valence-electron chi connectivity index (χ1n) is 8.49. The van der Waals surface area contributed by atoms with Crippen LogP contribution in [0.3, 0.4) is 0 Å². The lowest BCUT2D eigenvalue weighted by atomic mass is 10.1. The Morgan fingerprint density at radius 1 is 1.32 bits per heavy atom. The lowest BCUT2D eigenvalue weighted by molar-refractivity contribution is -0.117. The number of nitrogens with one attached hydrogen (secondary N) is 2. The van der Waals surface area contributed by atoms with Crippen LogP contribution in [0.15, 0.2) is 18.2 Å². The summed E-state index contributed by atoms with van der Waals surface area (Å²) in [5, 5.41) is 9.92. The number of carbonyl (C=O) groups excluding carboxylic acids is 1. The fourth-order valence-corrected chi connectivity index (χ4v) is 2.90. The molecule has 0 radical (unpaired) electrons. The third-order valence-electron chi connectivity index (χ3n) is 4.25. The molecule has 1 aromatic carbocycles. The number of amides is 1. The van der Waals surface area contributed by atoms with Crippen LogP contribution in [-0.4, -0.2) is 47.3 Å². The molecule has 0 bridgehead atoms. The molecule has 0 spiro atoms. The van der Waals surface area contributed by atoms with Gasteiger partial charge in [-0.1, -0.05) is 19.1 Å². The quantitative estimate of drug-likeness (QED) is 0.840. The Hall–Kier alpha value is -2.54. The molecule has 25 heavy (non-hydrogen) atoms. The first-order chi connectivity index (χ1) is 12.1. The number of aryl methyl sites for hydroxylation is 2. The van der Waals surface area contributed by atoms with Crippen molar-refractivity contribution in [3.05, 3.63) is 35.2 Å². The lowest BCUT2D eigenvalue weighted by Gasteiger charge is -2.25. The van der Waals surface area contributed by atoms with Crippen LogP contribution in [0.2, 0.25) is 0 Å². The van der Waals surface area contributed by atoms with Gasteiger partial charge in [-0.3, -0.25) is 14.8 Å². The predicted molar refractivity (Wildman–Crippen MR) is 95.1 cm³/mol. The predicted octanol–water partition coefficient (Wildman–Crippen LogP) is 2.26. The van der Waals surface area contributed by atoms with Crippen molar-refractivity contribution in [1.82, 2.24) is 15.1 Å².